The third-order valence-electron chi connectivity index (χ3n) is 4.34. The molecule has 1 N–H and O–H groups in total. The van der Waals surface area contributed by atoms with Crippen LogP contribution in [0.5, 0.6) is 0 Å². The van der Waals surface area contributed by atoms with Gasteiger partial charge in [-0.05, 0) is 39.4 Å². The predicted octanol–water partition coefficient (Wildman–Crippen LogP) is 0.395. The number of likely N-dealkylation sites (tertiary alicyclic amines) is 1. The van der Waals surface area contributed by atoms with Gasteiger partial charge in [0.15, 0.2) is 0 Å². The van der Waals surface area contributed by atoms with E-state index in [0.29, 0.717) is 17.9 Å². The largest absolute Gasteiger partial charge is 0.342 e. The third-order valence-corrected chi connectivity index (χ3v) is 4.34. The SMILES string of the molecule is C[C@@H]1CNC[C@H]1C(=O)N1CCC(N(C)C)CC1. The van der Waals surface area contributed by atoms with E-state index in [1.165, 1.54) is 0 Å². The minimum atomic E-state index is 0.214. The maximum absolute atomic E-state index is 12.4. The molecule has 0 aromatic heterocycles. The van der Waals surface area contributed by atoms with Crippen LogP contribution < -0.4 is 5.32 Å². The Kier molecular flexibility index (Phi) is 4.05. The Labute approximate surface area is 104 Å². The fourth-order valence-electron chi connectivity index (χ4n) is 2.98. The molecule has 0 unspecified atom stereocenters. The van der Waals surface area contributed by atoms with E-state index >= 15 is 0 Å². The molecule has 2 aliphatic heterocycles. The summed E-state index contributed by atoms with van der Waals surface area (Å²) in [5.41, 5.74) is 0. The number of piperidine rings is 1. The summed E-state index contributed by atoms with van der Waals surface area (Å²) >= 11 is 0. The maximum atomic E-state index is 12.4. The number of rotatable bonds is 2. The van der Waals surface area contributed by atoms with E-state index in [2.05, 4.69) is 36.1 Å². The van der Waals surface area contributed by atoms with E-state index in [9.17, 15) is 4.79 Å². The van der Waals surface area contributed by atoms with Crippen LogP contribution in [-0.4, -0.2) is 62.0 Å². The molecule has 0 bridgehead atoms. The molecule has 2 atom stereocenters. The average molecular weight is 239 g/mol. The zero-order chi connectivity index (χ0) is 12.4. The minimum absolute atomic E-state index is 0.214. The van der Waals surface area contributed by atoms with Crippen LogP contribution in [0.15, 0.2) is 0 Å². The molecule has 17 heavy (non-hydrogen) atoms. The number of nitrogens with one attached hydrogen (secondary N) is 1. The Bertz CT molecular complexity index is 272. The molecular weight excluding hydrogens is 214 g/mol. The Morgan fingerprint density at radius 2 is 1.88 bits per heavy atom. The van der Waals surface area contributed by atoms with Crippen LogP contribution >= 0.6 is 0 Å². The van der Waals surface area contributed by atoms with Gasteiger partial charge < -0.3 is 15.1 Å². The van der Waals surface area contributed by atoms with Gasteiger partial charge in [-0.25, -0.2) is 0 Å². The van der Waals surface area contributed by atoms with Gasteiger partial charge in [0, 0.05) is 25.7 Å². The molecule has 0 saturated carbocycles. The van der Waals surface area contributed by atoms with Crippen LogP contribution in [0.1, 0.15) is 19.8 Å². The standard InChI is InChI=1S/C13H25N3O/c1-10-8-14-9-12(10)13(17)16-6-4-11(5-7-16)15(2)3/h10-12,14H,4-9H2,1-3H3/t10-,12-/m1/s1. The summed E-state index contributed by atoms with van der Waals surface area (Å²) < 4.78 is 0. The molecule has 0 spiro atoms. The van der Waals surface area contributed by atoms with E-state index in [-0.39, 0.29) is 5.92 Å². The number of amides is 1. The van der Waals surface area contributed by atoms with E-state index in [4.69, 9.17) is 0 Å². The first kappa shape index (κ1) is 12.8. The molecule has 2 aliphatic rings. The molecule has 0 aromatic carbocycles. The van der Waals surface area contributed by atoms with Crippen molar-refractivity contribution in [2.24, 2.45) is 11.8 Å². The number of carbonyl (C=O) groups is 1. The first-order valence-corrected chi connectivity index (χ1v) is 6.75. The Hall–Kier alpha value is -0.610. The number of carbonyl (C=O) groups excluding carboxylic acids is 1. The molecule has 0 aromatic rings. The van der Waals surface area contributed by atoms with Crippen LogP contribution in [0.4, 0.5) is 0 Å². The van der Waals surface area contributed by atoms with Gasteiger partial charge in [0.2, 0.25) is 5.91 Å². The van der Waals surface area contributed by atoms with E-state index in [1.807, 2.05) is 0 Å². The normalized spacial score (nSPS) is 31.2. The Balaban J connectivity index is 1.86. The van der Waals surface area contributed by atoms with Crippen LogP contribution in [0.25, 0.3) is 0 Å². The fraction of sp³-hybridized carbons (Fsp3) is 0.923. The summed E-state index contributed by atoms with van der Waals surface area (Å²) in [6.07, 6.45) is 2.24. The molecular formula is C13H25N3O. The zero-order valence-electron chi connectivity index (χ0n) is 11.3. The lowest BCUT2D eigenvalue weighted by Crippen LogP contribution is -2.47. The molecule has 2 saturated heterocycles. The zero-order valence-corrected chi connectivity index (χ0v) is 11.3. The van der Waals surface area contributed by atoms with Crippen molar-refractivity contribution in [3.05, 3.63) is 0 Å². The van der Waals surface area contributed by atoms with Crippen molar-refractivity contribution in [3.8, 4) is 0 Å². The first-order valence-electron chi connectivity index (χ1n) is 6.75. The smallest absolute Gasteiger partial charge is 0.227 e. The third kappa shape index (κ3) is 2.80. The number of hydrogen-bond acceptors (Lipinski definition) is 3. The molecule has 1 amide bonds. The molecule has 0 aliphatic carbocycles. The first-order chi connectivity index (χ1) is 8.09. The predicted molar refractivity (Wildman–Crippen MR) is 68.8 cm³/mol. The van der Waals surface area contributed by atoms with Crippen molar-refractivity contribution in [3.63, 3.8) is 0 Å². The second kappa shape index (κ2) is 5.36. The lowest BCUT2D eigenvalue weighted by Gasteiger charge is -2.36. The van der Waals surface area contributed by atoms with E-state index < -0.39 is 0 Å². The molecule has 2 fully saturated rings. The van der Waals surface area contributed by atoms with Gasteiger partial charge in [-0.3, -0.25) is 4.79 Å². The molecule has 98 valence electrons. The van der Waals surface area contributed by atoms with Crippen molar-refractivity contribution >= 4 is 5.91 Å². The summed E-state index contributed by atoms with van der Waals surface area (Å²) in [5.74, 6) is 1.08. The minimum Gasteiger partial charge on any atom is -0.342 e. The highest BCUT2D eigenvalue weighted by Gasteiger charge is 2.34. The lowest BCUT2D eigenvalue weighted by molar-refractivity contribution is -0.137. The average Bonchev–Trinajstić information content (AvgIpc) is 2.74. The van der Waals surface area contributed by atoms with Gasteiger partial charge in [0.05, 0.1) is 5.92 Å². The lowest BCUT2D eigenvalue weighted by atomic mass is 9.95. The van der Waals surface area contributed by atoms with Crippen LogP contribution in [0.2, 0.25) is 0 Å². The Morgan fingerprint density at radius 1 is 1.24 bits per heavy atom. The second-order valence-electron chi connectivity index (χ2n) is 5.76. The van der Waals surface area contributed by atoms with Gasteiger partial charge in [-0.2, -0.15) is 0 Å². The van der Waals surface area contributed by atoms with Crippen molar-refractivity contribution in [1.82, 2.24) is 15.1 Å². The molecule has 4 nitrogen and oxygen atoms in total. The second-order valence-corrected chi connectivity index (χ2v) is 5.76. The van der Waals surface area contributed by atoms with E-state index in [0.717, 1.165) is 39.0 Å². The molecule has 0 radical (unpaired) electrons. The van der Waals surface area contributed by atoms with Crippen LogP contribution in [0, 0.1) is 11.8 Å². The van der Waals surface area contributed by atoms with Gasteiger partial charge >= 0.3 is 0 Å². The highest BCUT2D eigenvalue weighted by Crippen LogP contribution is 2.22. The van der Waals surface area contributed by atoms with E-state index in [1.54, 1.807) is 0 Å². The van der Waals surface area contributed by atoms with Crippen molar-refractivity contribution < 1.29 is 4.79 Å². The molecule has 4 heteroatoms. The van der Waals surface area contributed by atoms with Gasteiger partial charge in [0.25, 0.3) is 0 Å². The summed E-state index contributed by atoms with van der Waals surface area (Å²) in [6.45, 7) is 5.91. The monoisotopic (exact) mass is 239 g/mol. The molecule has 2 heterocycles. The topological polar surface area (TPSA) is 35.6 Å². The van der Waals surface area contributed by atoms with Crippen molar-refractivity contribution in [1.29, 1.82) is 0 Å². The highest BCUT2D eigenvalue weighted by molar-refractivity contribution is 5.79. The van der Waals surface area contributed by atoms with Crippen LogP contribution in [0.3, 0.4) is 0 Å². The Morgan fingerprint density at radius 3 is 2.35 bits per heavy atom. The quantitative estimate of drug-likeness (QED) is 0.757. The summed E-state index contributed by atoms with van der Waals surface area (Å²) in [5, 5.41) is 3.31. The van der Waals surface area contributed by atoms with Gasteiger partial charge in [-0.15, -0.1) is 0 Å². The number of hydrogen-bond donors (Lipinski definition) is 1. The molecule has 2 rings (SSSR count). The fourth-order valence-corrected chi connectivity index (χ4v) is 2.98. The maximum Gasteiger partial charge on any atom is 0.227 e. The van der Waals surface area contributed by atoms with Gasteiger partial charge in [0.1, 0.15) is 0 Å². The summed E-state index contributed by atoms with van der Waals surface area (Å²) in [4.78, 5) is 16.7. The van der Waals surface area contributed by atoms with Gasteiger partial charge in [-0.1, -0.05) is 6.92 Å². The summed E-state index contributed by atoms with van der Waals surface area (Å²) in [6, 6.07) is 0.651. The van der Waals surface area contributed by atoms with Crippen molar-refractivity contribution in [2.75, 3.05) is 40.3 Å². The van der Waals surface area contributed by atoms with Crippen molar-refractivity contribution in [2.45, 2.75) is 25.8 Å². The summed E-state index contributed by atoms with van der Waals surface area (Å²) in [7, 11) is 4.26. The highest BCUT2D eigenvalue weighted by atomic mass is 16.2. The van der Waals surface area contributed by atoms with Crippen LogP contribution in [-0.2, 0) is 4.79 Å². The number of nitrogens with zero attached hydrogens (tertiary/aromatic N) is 2.